The molecule has 0 aliphatic heterocycles. The van der Waals surface area contributed by atoms with Crippen molar-refractivity contribution in [3.05, 3.63) is 66.0 Å². The summed E-state index contributed by atoms with van der Waals surface area (Å²) in [6, 6.07) is 17.4. The standard InChI is InChI=1S/C24H30N4O2/c1-4-27(5-2)23(30)17-28-21-14-10-9-13-20(21)26-24(28)18(3)25-22(29)16-15-19-11-7-6-8-12-19/h6-14,18H,4-5,15-17H2,1-3H3,(H,25,29). The number of carbonyl (C=O) groups is 2. The van der Waals surface area contributed by atoms with Crippen molar-refractivity contribution in [1.29, 1.82) is 0 Å². The highest BCUT2D eigenvalue weighted by atomic mass is 16.2. The highest BCUT2D eigenvalue weighted by molar-refractivity contribution is 5.82. The third-order valence-corrected chi connectivity index (χ3v) is 5.34. The molecule has 0 aliphatic rings. The minimum absolute atomic E-state index is 0.0278. The lowest BCUT2D eigenvalue weighted by atomic mass is 10.1. The summed E-state index contributed by atoms with van der Waals surface area (Å²) in [5, 5.41) is 3.05. The van der Waals surface area contributed by atoms with E-state index in [0.29, 0.717) is 31.8 Å². The third-order valence-electron chi connectivity index (χ3n) is 5.34. The molecule has 0 bridgehead atoms. The van der Waals surface area contributed by atoms with E-state index in [-0.39, 0.29) is 24.4 Å². The Bertz CT molecular complexity index is 993. The van der Waals surface area contributed by atoms with Crippen LogP contribution in [-0.4, -0.2) is 39.4 Å². The topological polar surface area (TPSA) is 67.2 Å². The van der Waals surface area contributed by atoms with E-state index in [2.05, 4.69) is 5.32 Å². The minimum atomic E-state index is -0.301. The molecule has 1 N–H and O–H groups in total. The number of rotatable bonds is 9. The second-order valence-electron chi connectivity index (χ2n) is 7.39. The zero-order valence-electron chi connectivity index (χ0n) is 18.0. The van der Waals surface area contributed by atoms with Crippen molar-refractivity contribution in [2.75, 3.05) is 13.1 Å². The average Bonchev–Trinajstić information content (AvgIpc) is 3.12. The SMILES string of the molecule is CCN(CC)C(=O)Cn1c(C(C)NC(=O)CCc2ccccc2)nc2ccccc21. The Hall–Kier alpha value is -3.15. The fourth-order valence-electron chi connectivity index (χ4n) is 3.68. The number of aryl methyl sites for hydroxylation is 1. The number of hydrogen-bond donors (Lipinski definition) is 1. The maximum atomic E-state index is 12.8. The predicted octanol–water partition coefficient (Wildman–Crippen LogP) is 3.71. The smallest absolute Gasteiger partial charge is 0.242 e. The lowest BCUT2D eigenvalue weighted by molar-refractivity contribution is -0.131. The summed E-state index contributed by atoms with van der Waals surface area (Å²) >= 11 is 0. The molecule has 1 aromatic heterocycles. The van der Waals surface area contributed by atoms with E-state index in [1.165, 1.54) is 0 Å². The lowest BCUT2D eigenvalue weighted by Crippen LogP contribution is -2.35. The number of likely N-dealkylation sites (N-methyl/N-ethyl adjacent to an activating group) is 1. The number of para-hydroxylation sites is 2. The van der Waals surface area contributed by atoms with Crippen LogP contribution >= 0.6 is 0 Å². The van der Waals surface area contributed by atoms with Gasteiger partial charge in [0.15, 0.2) is 0 Å². The Kier molecular flexibility index (Phi) is 7.22. The molecule has 3 aromatic rings. The van der Waals surface area contributed by atoms with E-state index in [4.69, 9.17) is 4.98 Å². The van der Waals surface area contributed by atoms with Crippen LogP contribution in [0.25, 0.3) is 11.0 Å². The Balaban J connectivity index is 1.76. The number of fused-ring (bicyclic) bond motifs is 1. The summed E-state index contributed by atoms with van der Waals surface area (Å²) in [5.41, 5.74) is 2.86. The maximum absolute atomic E-state index is 12.8. The number of aromatic nitrogens is 2. The summed E-state index contributed by atoms with van der Waals surface area (Å²) in [7, 11) is 0. The molecular weight excluding hydrogens is 376 g/mol. The molecule has 0 aliphatic carbocycles. The van der Waals surface area contributed by atoms with E-state index < -0.39 is 0 Å². The highest BCUT2D eigenvalue weighted by Crippen LogP contribution is 2.21. The molecule has 2 amide bonds. The number of hydrogen-bond acceptors (Lipinski definition) is 3. The number of nitrogens with one attached hydrogen (secondary N) is 1. The fourth-order valence-corrected chi connectivity index (χ4v) is 3.68. The molecule has 30 heavy (non-hydrogen) atoms. The van der Waals surface area contributed by atoms with Crippen molar-refractivity contribution in [2.24, 2.45) is 0 Å². The minimum Gasteiger partial charge on any atom is -0.346 e. The largest absolute Gasteiger partial charge is 0.346 e. The van der Waals surface area contributed by atoms with Crippen molar-refractivity contribution < 1.29 is 9.59 Å². The molecule has 6 heteroatoms. The number of imidazole rings is 1. The molecule has 1 atom stereocenters. The molecule has 0 saturated carbocycles. The van der Waals surface area contributed by atoms with Gasteiger partial charge in [0.25, 0.3) is 0 Å². The molecule has 6 nitrogen and oxygen atoms in total. The molecule has 0 radical (unpaired) electrons. The van der Waals surface area contributed by atoms with Crippen molar-refractivity contribution in [2.45, 2.75) is 46.2 Å². The van der Waals surface area contributed by atoms with E-state index >= 15 is 0 Å². The van der Waals surface area contributed by atoms with Gasteiger partial charge in [0.05, 0.1) is 17.1 Å². The quantitative estimate of drug-likeness (QED) is 0.589. The monoisotopic (exact) mass is 406 g/mol. The number of carbonyl (C=O) groups excluding carboxylic acids is 2. The van der Waals surface area contributed by atoms with Crippen LogP contribution in [0.1, 0.15) is 44.6 Å². The molecule has 0 spiro atoms. The Morgan fingerprint density at radius 3 is 2.40 bits per heavy atom. The van der Waals surface area contributed by atoms with Crippen molar-refractivity contribution >= 4 is 22.8 Å². The van der Waals surface area contributed by atoms with Gasteiger partial charge in [-0.1, -0.05) is 42.5 Å². The number of amides is 2. The van der Waals surface area contributed by atoms with Gasteiger partial charge in [-0.3, -0.25) is 9.59 Å². The second kappa shape index (κ2) is 10.1. The van der Waals surface area contributed by atoms with E-state index in [1.54, 1.807) is 0 Å². The van der Waals surface area contributed by atoms with Gasteiger partial charge in [-0.25, -0.2) is 4.98 Å². The van der Waals surface area contributed by atoms with E-state index in [1.807, 2.05) is 84.8 Å². The van der Waals surface area contributed by atoms with Crippen LogP contribution in [0.2, 0.25) is 0 Å². The van der Waals surface area contributed by atoms with Crippen LogP contribution in [0.5, 0.6) is 0 Å². The first-order chi connectivity index (χ1) is 14.5. The molecular formula is C24H30N4O2. The van der Waals surface area contributed by atoms with E-state index in [9.17, 15) is 9.59 Å². The number of nitrogens with zero attached hydrogens (tertiary/aromatic N) is 3. The van der Waals surface area contributed by atoms with Gasteiger partial charge in [-0.2, -0.15) is 0 Å². The van der Waals surface area contributed by atoms with Crippen LogP contribution in [0.15, 0.2) is 54.6 Å². The van der Waals surface area contributed by atoms with Crippen molar-refractivity contribution in [3.8, 4) is 0 Å². The maximum Gasteiger partial charge on any atom is 0.242 e. The van der Waals surface area contributed by atoms with Gasteiger partial charge >= 0.3 is 0 Å². The van der Waals surface area contributed by atoms with Gasteiger partial charge in [0.2, 0.25) is 11.8 Å². The Morgan fingerprint density at radius 2 is 1.70 bits per heavy atom. The van der Waals surface area contributed by atoms with Gasteiger partial charge in [-0.05, 0) is 44.9 Å². The van der Waals surface area contributed by atoms with Gasteiger partial charge < -0.3 is 14.8 Å². The van der Waals surface area contributed by atoms with Crippen LogP contribution in [0.3, 0.4) is 0 Å². The molecule has 0 saturated heterocycles. The van der Waals surface area contributed by atoms with Crippen LogP contribution in [0.4, 0.5) is 0 Å². The first-order valence-electron chi connectivity index (χ1n) is 10.6. The van der Waals surface area contributed by atoms with Crippen LogP contribution in [-0.2, 0) is 22.6 Å². The molecule has 1 unspecified atom stereocenters. The van der Waals surface area contributed by atoms with Gasteiger partial charge in [0, 0.05) is 19.5 Å². The molecule has 0 fully saturated rings. The summed E-state index contributed by atoms with van der Waals surface area (Å²) in [6.07, 6.45) is 1.10. The summed E-state index contributed by atoms with van der Waals surface area (Å²) < 4.78 is 1.93. The molecule has 1 heterocycles. The zero-order chi connectivity index (χ0) is 21.5. The second-order valence-corrected chi connectivity index (χ2v) is 7.39. The average molecular weight is 407 g/mol. The Labute approximate surface area is 177 Å². The van der Waals surface area contributed by atoms with Crippen molar-refractivity contribution in [1.82, 2.24) is 19.8 Å². The van der Waals surface area contributed by atoms with E-state index in [0.717, 1.165) is 16.6 Å². The normalized spacial score (nSPS) is 12.0. The summed E-state index contributed by atoms with van der Waals surface area (Å²) in [6.45, 7) is 7.42. The molecule has 2 aromatic carbocycles. The van der Waals surface area contributed by atoms with Crippen molar-refractivity contribution in [3.63, 3.8) is 0 Å². The van der Waals surface area contributed by atoms with Gasteiger partial charge in [-0.15, -0.1) is 0 Å². The predicted molar refractivity (Wildman–Crippen MR) is 119 cm³/mol. The first kappa shape index (κ1) is 21.6. The zero-order valence-corrected chi connectivity index (χ0v) is 18.0. The Morgan fingerprint density at radius 1 is 1.03 bits per heavy atom. The summed E-state index contributed by atoms with van der Waals surface area (Å²) in [4.78, 5) is 31.8. The lowest BCUT2D eigenvalue weighted by Gasteiger charge is -2.21. The number of benzene rings is 2. The fraction of sp³-hybridized carbons (Fsp3) is 0.375. The summed E-state index contributed by atoms with van der Waals surface area (Å²) in [5.74, 6) is 0.719. The third kappa shape index (κ3) is 5.06. The van der Waals surface area contributed by atoms with Gasteiger partial charge in [0.1, 0.15) is 12.4 Å². The molecule has 158 valence electrons. The highest BCUT2D eigenvalue weighted by Gasteiger charge is 2.21. The van der Waals surface area contributed by atoms with Crippen LogP contribution in [0, 0.1) is 0 Å². The van der Waals surface area contributed by atoms with Crippen LogP contribution < -0.4 is 5.32 Å². The molecule has 3 rings (SSSR count). The first-order valence-corrected chi connectivity index (χ1v) is 10.6.